The van der Waals surface area contributed by atoms with Gasteiger partial charge in [-0.2, -0.15) is 0 Å². The van der Waals surface area contributed by atoms with E-state index < -0.39 is 5.97 Å². The lowest BCUT2D eigenvalue weighted by atomic mass is 9.92. The summed E-state index contributed by atoms with van der Waals surface area (Å²) < 4.78 is 0. The molecule has 1 aliphatic carbocycles. The molecule has 0 radical (unpaired) electrons. The number of allylic oxidation sites excluding steroid dienone is 4. The molecule has 0 unspecified atom stereocenters. The third-order valence-corrected chi connectivity index (χ3v) is 3.92. The Bertz CT molecular complexity index is 304. The number of rotatable bonds is 9. The van der Waals surface area contributed by atoms with Crippen molar-refractivity contribution in [2.45, 2.75) is 64.7 Å². The summed E-state index contributed by atoms with van der Waals surface area (Å²) in [5, 5.41) is 8.55. The van der Waals surface area contributed by atoms with Gasteiger partial charge in [0.15, 0.2) is 0 Å². The highest BCUT2D eigenvalue weighted by Crippen LogP contribution is 2.35. The van der Waals surface area contributed by atoms with E-state index in [1.54, 1.807) is 0 Å². The minimum absolute atomic E-state index is 0.288. The molecule has 0 saturated heterocycles. The monoisotopic (exact) mass is 264 g/mol. The second-order valence-corrected chi connectivity index (χ2v) is 5.56. The van der Waals surface area contributed by atoms with Gasteiger partial charge >= 0.3 is 5.97 Å². The quantitative estimate of drug-likeness (QED) is 0.472. The van der Waals surface area contributed by atoms with Gasteiger partial charge in [0.2, 0.25) is 0 Å². The Labute approximate surface area is 117 Å². The molecule has 0 aromatic carbocycles. The molecule has 2 nitrogen and oxygen atoms in total. The fraction of sp³-hybridized carbons (Fsp3) is 0.706. The maximum Gasteiger partial charge on any atom is 0.303 e. The van der Waals surface area contributed by atoms with Gasteiger partial charge in [-0.25, -0.2) is 0 Å². The fourth-order valence-electron chi connectivity index (χ4n) is 2.81. The lowest BCUT2D eigenvalue weighted by Crippen LogP contribution is -2.03. The van der Waals surface area contributed by atoms with Crippen LogP contribution in [0.4, 0.5) is 0 Å². The van der Waals surface area contributed by atoms with Crippen molar-refractivity contribution in [1.29, 1.82) is 0 Å². The number of carboxylic acids is 1. The third-order valence-electron chi connectivity index (χ3n) is 3.92. The van der Waals surface area contributed by atoms with Crippen molar-refractivity contribution in [2.24, 2.45) is 11.8 Å². The Kier molecular flexibility index (Phi) is 8.28. The highest BCUT2D eigenvalue weighted by molar-refractivity contribution is 5.66. The van der Waals surface area contributed by atoms with E-state index in [-0.39, 0.29) is 6.42 Å². The molecule has 1 aliphatic rings. The summed E-state index contributed by atoms with van der Waals surface area (Å²) in [4.78, 5) is 10.4. The summed E-state index contributed by atoms with van der Waals surface area (Å²) in [5.74, 6) is 0.893. The molecule has 0 aromatic rings. The van der Waals surface area contributed by atoms with Gasteiger partial charge in [0.1, 0.15) is 0 Å². The minimum Gasteiger partial charge on any atom is -0.481 e. The second-order valence-electron chi connectivity index (χ2n) is 5.56. The van der Waals surface area contributed by atoms with Gasteiger partial charge in [-0.1, -0.05) is 44.1 Å². The van der Waals surface area contributed by atoms with Crippen LogP contribution in [0.15, 0.2) is 24.3 Å². The van der Waals surface area contributed by atoms with Crippen LogP contribution in [-0.4, -0.2) is 11.1 Å². The van der Waals surface area contributed by atoms with Crippen molar-refractivity contribution in [3.05, 3.63) is 24.3 Å². The lowest BCUT2D eigenvalue weighted by molar-refractivity contribution is -0.137. The summed E-state index contributed by atoms with van der Waals surface area (Å²) in [7, 11) is 0. The van der Waals surface area contributed by atoms with Crippen LogP contribution >= 0.6 is 0 Å². The van der Waals surface area contributed by atoms with Gasteiger partial charge in [0, 0.05) is 6.42 Å². The number of hydrogen-bond acceptors (Lipinski definition) is 1. The van der Waals surface area contributed by atoms with Gasteiger partial charge in [0.05, 0.1) is 0 Å². The van der Waals surface area contributed by atoms with Gasteiger partial charge in [-0.15, -0.1) is 0 Å². The normalized spacial score (nSPS) is 23.6. The lowest BCUT2D eigenvalue weighted by Gasteiger charge is -2.13. The van der Waals surface area contributed by atoms with Crippen LogP contribution in [0.3, 0.4) is 0 Å². The molecule has 19 heavy (non-hydrogen) atoms. The van der Waals surface area contributed by atoms with Gasteiger partial charge < -0.3 is 5.11 Å². The largest absolute Gasteiger partial charge is 0.481 e. The first-order valence-corrected chi connectivity index (χ1v) is 7.77. The first-order valence-electron chi connectivity index (χ1n) is 7.77. The van der Waals surface area contributed by atoms with Crippen LogP contribution in [0.2, 0.25) is 0 Å². The van der Waals surface area contributed by atoms with E-state index in [0.717, 1.165) is 31.1 Å². The van der Waals surface area contributed by atoms with E-state index in [1.807, 2.05) is 0 Å². The number of carbonyl (C=O) groups is 1. The number of unbranched alkanes of at least 4 members (excludes halogenated alkanes) is 2. The van der Waals surface area contributed by atoms with Crippen LogP contribution in [0.25, 0.3) is 0 Å². The molecular weight excluding hydrogens is 236 g/mol. The average Bonchev–Trinajstić information content (AvgIpc) is 2.81. The third kappa shape index (κ3) is 7.19. The van der Waals surface area contributed by atoms with Crippen molar-refractivity contribution in [3.63, 3.8) is 0 Å². The molecule has 1 rings (SSSR count). The Hall–Kier alpha value is -1.05. The first-order chi connectivity index (χ1) is 9.24. The molecule has 0 aliphatic heterocycles. The molecule has 1 N–H and O–H groups in total. The molecule has 1 saturated carbocycles. The summed E-state index contributed by atoms with van der Waals surface area (Å²) in [6, 6.07) is 0. The fourth-order valence-corrected chi connectivity index (χ4v) is 2.81. The molecular formula is C17H28O2. The van der Waals surface area contributed by atoms with Crippen LogP contribution in [0.1, 0.15) is 64.7 Å². The summed E-state index contributed by atoms with van der Waals surface area (Å²) in [6.45, 7) is 2.22. The number of aliphatic carboxylic acids is 1. The van der Waals surface area contributed by atoms with Crippen LogP contribution in [-0.2, 0) is 4.79 Å². The van der Waals surface area contributed by atoms with E-state index >= 15 is 0 Å². The summed E-state index contributed by atoms with van der Waals surface area (Å²) >= 11 is 0. The predicted molar refractivity (Wildman–Crippen MR) is 80.1 cm³/mol. The van der Waals surface area contributed by atoms with Crippen LogP contribution in [0.5, 0.6) is 0 Å². The van der Waals surface area contributed by atoms with Crippen molar-refractivity contribution in [1.82, 2.24) is 0 Å². The number of carboxylic acid groups (broad SMARTS) is 1. The van der Waals surface area contributed by atoms with Crippen molar-refractivity contribution in [2.75, 3.05) is 0 Å². The number of hydrogen-bond donors (Lipinski definition) is 1. The molecule has 0 heterocycles. The van der Waals surface area contributed by atoms with Gasteiger partial charge in [-0.3, -0.25) is 4.79 Å². The maximum atomic E-state index is 10.4. The Morgan fingerprint density at radius 1 is 1.21 bits per heavy atom. The Morgan fingerprint density at radius 2 is 2.05 bits per heavy atom. The van der Waals surface area contributed by atoms with Crippen molar-refractivity contribution in [3.8, 4) is 0 Å². The van der Waals surface area contributed by atoms with Crippen LogP contribution < -0.4 is 0 Å². The highest BCUT2D eigenvalue weighted by atomic mass is 16.4. The maximum absolute atomic E-state index is 10.4. The van der Waals surface area contributed by atoms with Gasteiger partial charge in [-0.05, 0) is 50.4 Å². The average molecular weight is 264 g/mol. The van der Waals surface area contributed by atoms with Crippen LogP contribution in [0, 0.1) is 11.8 Å². The molecule has 1 fully saturated rings. The molecule has 2 atom stereocenters. The standard InChI is InChI=1S/C17H28O2/c1-2-3-6-10-15-12-9-13-16(15)11-7-4-5-8-14-17(18)19/h4,6-7,10,15-16H,2-3,5,8-9,11-14H2,1H3,(H,18,19)/t15-,16-/m0/s1. The highest BCUT2D eigenvalue weighted by Gasteiger charge is 2.23. The zero-order valence-electron chi connectivity index (χ0n) is 12.2. The molecule has 0 spiro atoms. The Balaban J connectivity index is 2.19. The zero-order chi connectivity index (χ0) is 13.9. The SMILES string of the molecule is CCCC=C[C@H]1CCC[C@@H]1CC=CCCCC(=O)O. The van der Waals surface area contributed by atoms with E-state index in [2.05, 4.69) is 31.2 Å². The predicted octanol–water partition coefficient (Wildman–Crippen LogP) is 4.96. The van der Waals surface area contributed by atoms with Gasteiger partial charge in [0.25, 0.3) is 0 Å². The van der Waals surface area contributed by atoms with Crippen molar-refractivity contribution < 1.29 is 9.90 Å². The van der Waals surface area contributed by atoms with Crippen molar-refractivity contribution >= 4 is 5.97 Å². The first kappa shape index (κ1) is 16.0. The topological polar surface area (TPSA) is 37.3 Å². The smallest absolute Gasteiger partial charge is 0.303 e. The molecule has 108 valence electrons. The summed E-state index contributed by atoms with van der Waals surface area (Å²) in [5.41, 5.74) is 0. The van der Waals surface area contributed by atoms with E-state index in [9.17, 15) is 4.79 Å². The van der Waals surface area contributed by atoms with E-state index in [1.165, 1.54) is 32.1 Å². The molecule has 0 bridgehead atoms. The van der Waals surface area contributed by atoms with E-state index in [4.69, 9.17) is 5.11 Å². The second kappa shape index (κ2) is 9.82. The zero-order valence-corrected chi connectivity index (χ0v) is 12.2. The molecule has 2 heteroatoms. The molecule has 0 aromatic heterocycles. The summed E-state index contributed by atoms with van der Waals surface area (Å²) in [6.07, 6.45) is 18.8. The molecule has 0 amide bonds. The van der Waals surface area contributed by atoms with E-state index in [0.29, 0.717) is 0 Å². The minimum atomic E-state index is -0.690. The Morgan fingerprint density at radius 3 is 2.79 bits per heavy atom.